The zero-order chi connectivity index (χ0) is 75.6. The monoisotopic (exact) mass is 1430 g/mol. The van der Waals surface area contributed by atoms with E-state index in [4.69, 9.17) is 30.4 Å². The molecule has 2 aliphatic heterocycles. The van der Waals surface area contributed by atoms with Gasteiger partial charge in [0.1, 0.15) is 76.2 Å². The summed E-state index contributed by atoms with van der Waals surface area (Å²) in [6.45, 7) is 31.5. The fraction of sp³-hybridized carbons (Fsp3) is 0.631. The average Bonchev–Trinajstić information content (AvgIpc) is 1.67. The van der Waals surface area contributed by atoms with Crippen LogP contribution in [0.15, 0.2) is 19.8 Å². The Balaban J connectivity index is 1.51. The Kier molecular flexibility index (Phi) is 27.5. The Labute approximate surface area is 579 Å². The fourth-order valence-electron chi connectivity index (χ4n) is 11.0. The van der Waals surface area contributed by atoms with E-state index in [1.54, 1.807) is 83.1 Å². The molecule has 2 aliphatic rings. The molecule has 2 aromatic carbocycles. The Morgan fingerprint density at radius 1 is 0.495 bits per heavy atom. The predicted molar refractivity (Wildman–Crippen MR) is 365 cm³/mol. The summed E-state index contributed by atoms with van der Waals surface area (Å²) in [6.07, 6.45) is -1.10. The normalized spacial score (nSPS) is 16.4. The lowest BCUT2D eigenvalue weighted by Crippen LogP contribution is -2.59. The number of sulfonamides is 2. The highest BCUT2D eigenvalue weighted by Crippen LogP contribution is 2.45. The molecule has 0 unspecified atom stereocenters. The van der Waals surface area contributed by atoms with Gasteiger partial charge < -0.3 is 72.7 Å². The molecule has 4 rings (SSSR count). The van der Waals surface area contributed by atoms with Crippen LogP contribution in [0.1, 0.15) is 180 Å². The van der Waals surface area contributed by atoms with Gasteiger partial charge in [-0.25, -0.2) is 31.1 Å². The molecule has 7 atom stereocenters. The molecule has 2 aromatic rings. The van der Waals surface area contributed by atoms with Crippen molar-refractivity contribution in [2.45, 2.75) is 264 Å². The minimum atomic E-state index is -4.34. The smallest absolute Gasteiger partial charge is 0.326 e. The molecule has 0 saturated heterocycles. The van der Waals surface area contributed by atoms with Gasteiger partial charge in [0.25, 0.3) is 20.0 Å². The number of nitrogens with two attached hydrogens (primary N) is 2. The van der Waals surface area contributed by atoms with E-state index in [9.17, 15) is 69.9 Å². The maximum Gasteiger partial charge on any atom is 0.326 e. The van der Waals surface area contributed by atoms with Crippen molar-refractivity contribution in [3.63, 3.8) is 0 Å². The van der Waals surface area contributed by atoms with E-state index < -0.39 is 169 Å². The number of aliphatic imine (C=N–C) groups is 2. The Morgan fingerprint density at radius 2 is 0.808 bits per heavy atom. The van der Waals surface area contributed by atoms with Gasteiger partial charge in [0, 0.05) is 44.0 Å². The van der Waals surface area contributed by atoms with E-state index in [0.29, 0.717) is 57.7 Å². The number of hydrogen-bond acceptors (Lipinski definition) is 20. The molecule has 552 valence electrons. The highest BCUT2D eigenvalue weighted by atomic mass is 32.2. The quantitative estimate of drug-likeness (QED) is 0.0228. The first-order valence-corrected chi connectivity index (χ1v) is 35.3. The maximum absolute atomic E-state index is 14.1. The summed E-state index contributed by atoms with van der Waals surface area (Å²) in [4.78, 5) is 142. The minimum Gasteiger partial charge on any atom is -0.487 e. The SMILES string of the molecule is CC(=O)N[C@@H](CCCN=C(N)NS(=O)(=O)c1c(C)c(C)c2c(c1C)CC(C)(C)O2)C(=O)N[C@@H](C)C(=O)N[C@@H](CC(=O)OC(C)(C)C)C(=O)N[C@@H](C)C(=O)N[C@@H](CCCN=C(N)NS(=O)(=O)c1c(C)c(C)c2c(c1C)CC(C)(C)O2)C(=O)N[C@@H](C)C(=O)N[C@@H](CC(=O)OC(C)(C)C)C(=O)O. The zero-order valence-electron chi connectivity index (χ0n) is 60.3. The number of rotatable bonds is 30. The Bertz CT molecular complexity index is 3780. The third kappa shape index (κ3) is 23.7. The fourth-order valence-corrected chi connectivity index (χ4v) is 14.1. The van der Waals surface area contributed by atoms with Crippen LogP contribution in [0.3, 0.4) is 0 Å². The molecule has 0 aliphatic carbocycles. The van der Waals surface area contributed by atoms with Gasteiger partial charge in [0.15, 0.2) is 0 Å². The van der Waals surface area contributed by atoms with Crippen LogP contribution in [0.5, 0.6) is 11.5 Å². The van der Waals surface area contributed by atoms with E-state index in [1.807, 2.05) is 27.7 Å². The average molecular weight is 1430 g/mol. The number of carbonyl (C=O) groups excluding carboxylic acids is 9. The second-order valence-corrected chi connectivity index (χ2v) is 31.4. The van der Waals surface area contributed by atoms with E-state index in [0.717, 1.165) is 18.1 Å². The van der Waals surface area contributed by atoms with Crippen LogP contribution < -0.4 is 67.6 Å². The van der Waals surface area contributed by atoms with E-state index in [1.165, 1.54) is 20.8 Å². The molecule has 0 spiro atoms. The molecule has 0 aromatic heterocycles. The summed E-state index contributed by atoms with van der Waals surface area (Å²) >= 11 is 0. The number of nitrogens with one attached hydrogen (secondary N) is 9. The van der Waals surface area contributed by atoms with Crippen LogP contribution in [-0.4, -0.2) is 171 Å². The Hall–Kier alpha value is -8.82. The van der Waals surface area contributed by atoms with Crippen LogP contribution in [0.2, 0.25) is 0 Å². The standard InChI is InChI=1S/C65H101N13O19S2/c1-31-33(3)51(35(5)41-29-64(17,18)96-49(31)41)98(90,91)77-60(66)68-25-21-23-43(73-40(10)79)56(85)70-38(8)54(83)75-45(27-47(80)94-62(11,12)13)58(87)72-37(7)53(82)74-44(57(86)71-39(9)55(84)76-46(59(88)89)28-48(81)95-63(14,15)16)24-22-26-69-61(67)78-99(92,93)52-34(4)32(2)50-42(36(52)6)30-65(19,20)97-50/h37-39,43-46H,21-30H2,1-20H3,(H,70,85)(H,71,86)(H,72,87)(H,73,79)(H,74,82)(H,75,83)(H,76,84)(H,88,89)(H3,66,68,77)(H3,67,69,78)/t37-,38-,39-,43-,44-,45-,46-/m0/s1. The molecular formula is C65H101N13O19S2. The maximum atomic E-state index is 14.1. The molecule has 0 radical (unpaired) electrons. The largest absolute Gasteiger partial charge is 0.487 e. The number of nitrogens with zero attached hydrogens (tertiary/aromatic N) is 2. The molecule has 2 heterocycles. The molecule has 32 nitrogen and oxygen atoms in total. The number of carbonyl (C=O) groups is 10. The second-order valence-electron chi connectivity index (χ2n) is 28.2. The van der Waals surface area contributed by atoms with Crippen molar-refractivity contribution in [1.29, 1.82) is 0 Å². The molecular weight excluding hydrogens is 1330 g/mol. The highest BCUT2D eigenvalue weighted by molar-refractivity contribution is 7.90. The summed E-state index contributed by atoms with van der Waals surface area (Å²) in [6, 6.07) is -11.0. The molecule has 14 N–H and O–H groups in total. The van der Waals surface area contributed by atoms with Crippen molar-refractivity contribution < 1.29 is 88.8 Å². The van der Waals surface area contributed by atoms with Crippen LogP contribution in [0.25, 0.3) is 0 Å². The highest BCUT2D eigenvalue weighted by Gasteiger charge is 2.40. The van der Waals surface area contributed by atoms with Gasteiger partial charge in [0.05, 0.1) is 22.6 Å². The number of esters is 2. The number of carboxylic acids is 1. The van der Waals surface area contributed by atoms with E-state index in [-0.39, 0.29) is 48.6 Å². The van der Waals surface area contributed by atoms with Gasteiger partial charge in [-0.15, -0.1) is 0 Å². The number of guanidine groups is 2. The first-order chi connectivity index (χ1) is 45.3. The lowest BCUT2D eigenvalue weighted by molar-refractivity contribution is -0.159. The van der Waals surface area contributed by atoms with Crippen LogP contribution in [0, 0.1) is 41.5 Å². The molecule has 99 heavy (non-hydrogen) atoms. The second kappa shape index (κ2) is 32.9. The number of benzene rings is 2. The van der Waals surface area contributed by atoms with E-state index in [2.05, 4.69) is 56.6 Å². The van der Waals surface area contributed by atoms with Crippen LogP contribution >= 0.6 is 0 Å². The van der Waals surface area contributed by atoms with Crippen LogP contribution in [-0.2, 0) is 90.3 Å². The molecule has 34 heteroatoms. The van der Waals surface area contributed by atoms with Crippen molar-refractivity contribution >= 4 is 91.2 Å². The summed E-state index contributed by atoms with van der Waals surface area (Å²) < 4.78 is 82.8. The van der Waals surface area contributed by atoms with Gasteiger partial charge in [-0.2, -0.15) is 0 Å². The first-order valence-electron chi connectivity index (χ1n) is 32.3. The van der Waals surface area contributed by atoms with Gasteiger partial charge in [-0.1, -0.05) is 0 Å². The summed E-state index contributed by atoms with van der Waals surface area (Å²) in [5.74, 6) is -10.00. The van der Waals surface area contributed by atoms with E-state index >= 15 is 0 Å². The van der Waals surface area contributed by atoms with Crippen molar-refractivity contribution in [3.05, 3.63) is 44.5 Å². The predicted octanol–water partition coefficient (Wildman–Crippen LogP) is 1.43. The van der Waals surface area contributed by atoms with Crippen molar-refractivity contribution in [1.82, 2.24) is 46.7 Å². The lowest BCUT2D eigenvalue weighted by atomic mass is 9.94. The number of hydrogen-bond donors (Lipinski definition) is 12. The van der Waals surface area contributed by atoms with Crippen molar-refractivity contribution in [2.75, 3.05) is 13.1 Å². The van der Waals surface area contributed by atoms with Crippen molar-refractivity contribution in [2.24, 2.45) is 21.5 Å². The molecule has 0 fully saturated rings. The van der Waals surface area contributed by atoms with Gasteiger partial charge in [0.2, 0.25) is 53.3 Å². The third-order valence-corrected chi connectivity index (χ3v) is 19.1. The van der Waals surface area contributed by atoms with Gasteiger partial charge in [-0.05, 0) is 191 Å². The Morgan fingerprint density at radius 3 is 1.14 bits per heavy atom. The number of ether oxygens (including phenoxy) is 4. The number of aliphatic carboxylic acids is 1. The number of fused-ring (bicyclic) bond motifs is 2. The topological polar surface area (TPSA) is 481 Å². The summed E-state index contributed by atoms with van der Waals surface area (Å²) in [5.41, 5.74) is 13.7. The van der Waals surface area contributed by atoms with Crippen molar-refractivity contribution in [3.8, 4) is 11.5 Å². The molecule has 0 bridgehead atoms. The number of carboxylic acid groups (broad SMARTS) is 1. The van der Waals surface area contributed by atoms with Crippen LogP contribution in [0.4, 0.5) is 0 Å². The first kappa shape index (κ1) is 82.6. The number of amides is 7. The molecule has 7 amide bonds. The third-order valence-electron chi connectivity index (χ3n) is 15.9. The minimum absolute atomic E-state index is 0.0119. The summed E-state index contributed by atoms with van der Waals surface area (Å²) in [7, 11) is -8.58. The van der Waals surface area contributed by atoms with Gasteiger partial charge in [-0.3, -0.25) is 53.1 Å². The molecule has 0 saturated carbocycles. The van der Waals surface area contributed by atoms with Gasteiger partial charge >= 0.3 is 17.9 Å². The lowest BCUT2D eigenvalue weighted by Gasteiger charge is -2.26. The summed E-state index contributed by atoms with van der Waals surface area (Å²) in [5, 5.41) is 26.6. The zero-order valence-corrected chi connectivity index (χ0v) is 61.9.